The van der Waals surface area contributed by atoms with Crippen LogP contribution in [0.4, 0.5) is 0 Å². The topological polar surface area (TPSA) is 68.4 Å². The number of H-pyrrole nitrogens is 1. The minimum absolute atomic E-state index is 0.0918. The fourth-order valence-electron chi connectivity index (χ4n) is 2.71. The summed E-state index contributed by atoms with van der Waals surface area (Å²) >= 11 is 0. The Bertz CT molecular complexity index is 942. The van der Waals surface area contributed by atoms with Crippen molar-refractivity contribution >= 4 is 22.7 Å². The zero-order valence-corrected chi connectivity index (χ0v) is 14.9. The standard InChI is InChI=1S/C21H21NO4/c1-14-7-8-15(2)20(11-14)25-10-9-21(24)26-13-19(23)17-12-22-18-6-4-3-5-16(17)18/h3-8,11-12,22H,9-10,13H2,1-2H3. The lowest BCUT2D eigenvalue weighted by Gasteiger charge is -2.09. The molecular formula is C21H21NO4. The molecule has 3 aromatic rings. The Kier molecular flexibility index (Phi) is 5.37. The van der Waals surface area contributed by atoms with Crippen LogP contribution in [0.15, 0.2) is 48.7 Å². The lowest BCUT2D eigenvalue weighted by molar-refractivity contribution is -0.143. The van der Waals surface area contributed by atoms with Crippen LogP contribution in [-0.4, -0.2) is 30.0 Å². The average Bonchev–Trinajstić information content (AvgIpc) is 3.07. The number of aromatic nitrogens is 1. The molecule has 3 rings (SSSR count). The molecule has 0 saturated heterocycles. The van der Waals surface area contributed by atoms with Crippen LogP contribution in [0.3, 0.4) is 0 Å². The molecule has 1 aromatic heterocycles. The summed E-state index contributed by atoms with van der Waals surface area (Å²) in [6.45, 7) is 3.87. The second-order valence-electron chi connectivity index (χ2n) is 6.20. The molecule has 0 fully saturated rings. The first-order chi connectivity index (χ1) is 12.5. The predicted octanol–water partition coefficient (Wildman–Crippen LogP) is 3.98. The highest BCUT2D eigenvalue weighted by molar-refractivity contribution is 6.08. The van der Waals surface area contributed by atoms with Crippen LogP contribution in [0, 0.1) is 13.8 Å². The lowest BCUT2D eigenvalue weighted by atomic mass is 10.1. The van der Waals surface area contributed by atoms with Gasteiger partial charge < -0.3 is 14.5 Å². The van der Waals surface area contributed by atoms with E-state index in [2.05, 4.69) is 4.98 Å². The van der Waals surface area contributed by atoms with Crippen molar-refractivity contribution in [2.45, 2.75) is 20.3 Å². The van der Waals surface area contributed by atoms with E-state index in [0.717, 1.165) is 27.8 Å². The van der Waals surface area contributed by atoms with Gasteiger partial charge in [0.2, 0.25) is 5.78 Å². The number of ketones is 1. The molecule has 1 heterocycles. The Labute approximate surface area is 151 Å². The summed E-state index contributed by atoms with van der Waals surface area (Å²) in [7, 11) is 0. The van der Waals surface area contributed by atoms with Crippen molar-refractivity contribution in [1.82, 2.24) is 4.98 Å². The van der Waals surface area contributed by atoms with Crippen molar-refractivity contribution in [3.63, 3.8) is 0 Å². The summed E-state index contributed by atoms with van der Waals surface area (Å²) in [4.78, 5) is 27.2. The molecule has 134 valence electrons. The molecule has 0 saturated carbocycles. The van der Waals surface area contributed by atoms with E-state index in [0.29, 0.717) is 5.56 Å². The lowest BCUT2D eigenvalue weighted by Crippen LogP contribution is -2.16. The van der Waals surface area contributed by atoms with E-state index in [4.69, 9.17) is 9.47 Å². The Morgan fingerprint density at radius 3 is 2.73 bits per heavy atom. The molecule has 0 aliphatic rings. The fraction of sp³-hybridized carbons (Fsp3) is 0.238. The first-order valence-electron chi connectivity index (χ1n) is 8.49. The van der Waals surface area contributed by atoms with Gasteiger partial charge in [-0.2, -0.15) is 0 Å². The maximum Gasteiger partial charge on any atom is 0.309 e. The highest BCUT2D eigenvalue weighted by atomic mass is 16.5. The van der Waals surface area contributed by atoms with Gasteiger partial charge in [-0.15, -0.1) is 0 Å². The number of fused-ring (bicyclic) bond motifs is 1. The van der Waals surface area contributed by atoms with Gasteiger partial charge in [0.25, 0.3) is 0 Å². The smallest absolute Gasteiger partial charge is 0.309 e. The first kappa shape index (κ1) is 17.7. The molecule has 1 N–H and O–H groups in total. The van der Waals surface area contributed by atoms with Gasteiger partial charge in [0.1, 0.15) is 5.75 Å². The number of hydrogen-bond acceptors (Lipinski definition) is 4. The average molecular weight is 351 g/mol. The van der Waals surface area contributed by atoms with Crippen molar-refractivity contribution in [1.29, 1.82) is 0 Å². The third-order valence-electron chi connectivity index (χ3n) is 4.16. The molecule has 0 radical (unpaired) electrons. The molecule has 5 heteroatoms. The van der Waals surface area contributed by atoms with Gasteiger partial charge in [-0.3, -0.25) is 9.59 Å². The normalized spacial score (nSPS) is 10.7. The second-order valence-corrected chi connectivity index (χ2v) is 6.20. The van der Waals surface area contributed by atoms with E-state index >= 15 is 0 Å². The van der Waals surface area contributed by atoms with Crippen molar-refractivity contribution < 1.29 is 19.1 Å². The van der Waals surface area contributed by atoms with E-state index in [1.54, 1.807) is 6.20 Å². The van der Waals surface area contributed by atoms with Gasteiger partial charge in [0.15, 0.2) is 6.61 Å². The summed E-state index contributed by atoms with van der Waals surface area (Å²) < 4.78 is 10.7. The van der Waals surface area contributed by atoms with Gasteiger partial charge >= 0.3 is 5.97 Å². The first-order valence-corrected chi connectivity index (χ1v) is 8.49. The Morgan fingerprint density at radius 2 is 1.88 bits per heavy atom. The number of nitrogens with one attached hydrogen (secondary N) is 1. The number of esters is 1. The van der Waals surface area contributed by atoms with Crippen LogP contribution in [0.5, 0.6) is 5.75 Å². The molecule has 2 aromatic carbocycles. The zero-order valence-electron chi connectivity index (χ0n) is 14.9. The minimum Gasteiger partial charge on any atom is -0.493 e. The zero-order chi connectivity index (χ0) is 18.5. The molecule has 0 aliphatic heterocycles. The van der Waals surface area contributed by atoms with Crippen molar-refractivity contribution in [3.05, 3.63) is 65.4 Å². The third kappa shape index (κ3) is 4.11. The molecule has 26 heavy (non-hydrogen) atoms. The molecule has 0 aliphatic carbocycles. The van der Waals surface area contributed by atoms with E-state index in [1.165, 1.54) is 0 Å². The number of aromatic amines is 1. The highest BCUT2D eigenvalue weighted by Gasteiger charge is 2.14. The molecule has 0 bridgehead atoms. The molecule has 0 amide bonds. The Morgan fingerprint density at radius 1 is 1.08 bits per heavy atom. The van der Waals surface area contributed by atoms with Crippen LogP contribution < -0.4 is 4.74 Å². The summed E-state index contributed by atoms with van der Waals surface area (Å²) in [6.07, 6.45) is 1.74. The summed E-state index contributed by atoms with van der Waals surface area (Å²) in [5, 5.41) is 0.826. The maximum atomic E-state index is 12.3. The quantitative estimate of drug-likeness (QED) is 0.516. The molecule has 0 atom stereocenters. The van der Waals surface area contributed by atoms with Crippen LogP contribution in [0.25, 0.3) is 10.9 Å². The Balaban J connectivity index is 1.48. The summed E-state index contributed by atoms with van der Waals surface area (Å²) in [5.74, 6) is 0.0717. The summed E-state index contributed by atoms with van der Waals surface area (Å²) in [6, 6.07) is 13.4. The predicted molar refractivity (Wildman–Crippen MR) is 99.6 cm³/mol. The highest BCUT2D eigenvalue weighted by Crippen LogP contribution is 2.20. The van der Waals surface area contributed by atoms with Crippen LogP contribution in [0.2, 0.25) is 0 Å². The number of Topliss-reactive ketones (excluding diaryl/α,β-unsaturated/α-hetero) is 1. The molecule has 0 spiro atoms. The number of rotatable bonds is 7. The number of aryl methyl sites for hydroxylation is 2. The van der Waals surface area contributed by atoms with Crippen molar-refractivity contribution in [2.75, 3.05) is 13.2 Å². The minimum atomic E-state index is -0.455. The van der Waals surface area contributed by atoms with Gasteiger partial charge in [0, 0.05) is 22.7 Å². The molecule has 5 nitrogen and oxygen atoms in total. The number of carbonyl (C=O) groups excluding carboxylic acids is 2. The molecular weight excluding hydrogens is 330 g/mol. The Hall–Kier alpha value is -3.08. The monoisotopic (exact) mass is 351 g/mol. The number of ether oxygens (including phenoxy) is 2. The molecule has 0 unspecified atom stereocenters. The second kappa shape index (κ2) is 7.87. The van der Waals surface area contributed by atoms with Crippen LogP contribution in [0.1, 0.15) is 27.9 Å². The SMILES string of the molecule is Cc1ccc(C)c(OCCC(=O)OCC(=O)c2c[nH]c3ccccc23)c1. The van der Waals surface area contributed by atoms with Gasteiger partial charge in [0.05, 0.1) is 13.0 Å². The van der Waals surface area contributed by atoms with E-state index < -0.39 is 5.97 Å². The maximum absolute atomic E-state index is 12.3. The number of carbonyl (C=O) groups is 2. The van der Waals surface area contributed by atoms with Crippen molar-refractivity contribution in [3.8, 4) is 5.75 Å². The van der Waals surface area contributed by atoms with Crippen molar-refractivity contribution in [2.24, 2.45) is 0 Å². The van der Waals surface area contributed by atoms with E-state index in [1.807, 2.05) is 56.3 Å². The van der Waals surface area contributed by atoms with E-state index in [9.17, 15) is 9.59 Å². The van der Waals surface area contributed by atoms with Crippen LogP contribution >= 0.6 is 0 Å². The third-order valence-corrected chi connectivity index (χ3v) is 4.16. The summed E-state index contributed by atoms with van der Waals surface area (Å²) in [5.41, 5.74) is 3.51. The van der Waals surface area contributed by atoms with Gasteiger partial charge in [-0.25, -0.2) is 0 Å². The van der Waals surface area contributed by atoms with Gasteiger partial charge in [-0.05, 0) is 37.1 Å². The van der Waals surface area contributed by atoms with Gasteiger partial charge in [-0.1, -0.05) is 30.3 Å². The van der Waals surface area contributed by atoms with E-state index in [-0.39, 0.29) is 25.4 Å². The fourth-order valence-corrected chi connectivity index (χ4v) is 2.71. The number of para-hydroxylation sites is 1. The number of benzene rings is 2. The number of hydrogen-bond donors (Lipinski definition) is 1. The van der Waals surface area contributed by atoms with Crippen LogP contribution in [-0.2, 0) is 9.53 Å². The largest absolute Gasteiger partial charge is 0.493 e.